The van der Waals surface area contributed by atoms with Gasteiger partial charge in [-0.05, 0) is 12.2 Å². The molecule has 4 nitrogen and oxygen atoms in total. The summed E-state index contributed by atoms with van der Waals surface area (Å²) in [6, 6.07) is 0.862. The van der Waals surface area contributed by atoms with E-state index in [0.717, 1.165) is 24.8 Å². The molecule has 0 aromatic heterocycles. The van der Waals surface area contributed by atoms with Gasteiger partial charge in [0.05, 0.1) is 0 Å². The van der Waals surface area contributed by atoms with E-state index in [2.05, 4.69) is 6.92 Å². The second-order valence-corrected chi connectivity index (χ2v) is 7.95. The zero-order valence-electron chi connectivity index (χ0n) is 10.1. The van der Waals surface area contributed by atoms with Gasteiger partial charge in [-0.2, -0.15) is 11.8 Å². The van der Waals surface area contributed by atoms with Gasteiger partial charge in [0.15, 0.2) is 0 Å². The van der Waals surface area contributed by atoms with Crippen LogP contribution in [0.3, 0.4) is 0 Å². The summed E-state index contributed by atoms with van der Waals surface area (Å²) in [6.45, 7) is 2.87. The van der Waals surface area contributed by atoms with Gasteiger partial charge in [0.25, 0.3) is 0 Å². The van der Waals surface area contributed by atoms with E-state index < -0.39 is 8.80 Å². The van der Waals surface area contributed by atoms with E-state index in [0.29, 0.717) is 5.25 Å². The molecule has 1 atom stereocenters. The monoisotopic (exact) mass is 253 g/mol. The molecular formula is C9H23NO3SSi. The van der Waals surface area contributed by atoms with Gasteiger partial charge in [0.1, 0.15) is 0 Å². The highest BCUT2D eigenvalue weighted by Gasteiger charge is 2.36. The third kappa shape index (κ3) is 5.89. The lowest BCUT2D eigenvalue weighted by Crippen LogP contribution is -2.42. The maximum atomic E-state index is 5.53. The summed E-state index contributed by atoms with van der Waals surface area (Å²) in [5.74, 6) is 1.07. The van der Waals surface area contributed by atoms with Crippen LogP contribution >= 0.6 is 11.8 Å². The minimum absolute atomic E-state index is 0.522. The van der Waals surface area contributed by atoms with Gasteiger partial charge in [-0.3, -0.25) is 0 Å². The lowest BCUT2D eigenvalue weighted by molar-refractivity contribution is 0.123. The van der Waals surface area contributed by atoms with Crippen molar-refractivity contribution in [2.24, 2.45) is 5.73 Å². The van der Waals surface area contributed by atoms with Gasteiger partial charge >= 0.3 is 8.80 Å². The highest BCUT2D eigenvalue weighted by Crippen LogP contribution is 2.18. The van der Waals surface area contributed by atoms with Crippen molar-refractivity contribution in [1.82, 2.24) is 0 Å². The molecule has 0 aliphatic heterocycles. The summed E-state index contributed by atoms with van der Waals surface area (Å²) in [5.41, 5.74) is 5.53. The van der Waals surface area contributed by atoms with Gasteiger partial charge in [-0.15, -0.1) is 0 Å². The van der Waals surface area contributed by atoms with Crippen molar-refractivity contribution in [3.63, 3.8) is 0 Å². The molecule has 15 heavy (non-hydrogen) atoms. The van der Waals surface area contributed by atoms with Crippen LogP contribution in [0.15, 0.2) is 0 Å². The molecule has 92 valence electrons. The second kappa shape index (κ2) is 8.55. The Hall–Kier alpha value is 0.407. The largest absolute Gasteiger partial charge is 0.500 e. The molecule has 0 aromatic rings. The van der Waals surface area contributed by atoms with Crippen molar-refractivity contribution in [2.45, 2.75) is 24.6 Å². The van der Waals surface area contributed by atoms with Gasteiger partial charge in [0, 0.05) is 39.2 Å². The number of thioether (sulfide) groups is 1. The average molecular weight is 253 g/mol. The van der Waals surface area contributed by atoms with Crippen LogP contribution in [0.5, 0.6) is 0 Å². The first kappa shape index (κ1) is 15.4. The van der Waals surface area contributed by atoms with Gasteiger partial charge in [0.2, 0.25) is 0 Å². The molecule has 0 saturated carbocycles. The lowest BCUT2D eigenvalue weighted by atomic mass is 10.5. The molecule has 0 saturated heterocycles. The minimum Gasteiger partial charge on any atom is -0.377 e. The molecule has 0 aromatic carbocycles. The van der Waals surface area contributed by atoms with Crippen LogP contribution in [0.25, 0.3) is 0 Å². The lowest BCUT2D eigenvalue weighted by Gasteiger charge is -2.24. The summed E-state index contributed by atoms with van der Waals surface area (Å²) in [7, 11) is 2.60. The topological polar surface area (TPSA) is 53.7 Å². The normalized spacial score (nSPS) is 14.2. The van der Waals surface area contributed by atoms with Crippen LogP contribution in [0, 0.1) is 0 Å². The Morgan fingerprint density at radius 2 is 1.73 bits per heavy atom. The summed E-state index contributed by atoms with van der Waals surface area (Å²) in [5, 5.41) is 0.522. The summed E-state index contributed by atoms with van der Waals surface area (Å²) < 4.78 is 16.0. The quantitative estimate of drug-likeness (QED) is 0.496. The zero-order valence-corrected chi connectivity index (χ0v) is 11.9. The summed E-state index contributed by atoms with van der Waals surface area (Å²) in [6.07, 6.45) is 1.04. The number of hydrogen-bond donors (Lipinski definition) is 1. The van der Waals surface area contributed by atoms with Crippen LogP contribution in [0.2, 0.25) is 6.04 Å². The first-order chi connectivity index (χ1) is 7.14. The van der Waals surface area contributed by atoms with Crippen molar-refractivity contribution in [3.8, 4) is 0 Å². The van der Waals surface area contributed by atoms with Gasteiger partial charge in [-0.1, -0.05) is 6.92 Å². The van der Waals surface area contributed by atoms with E-state index >= 15 is 0 Å². The predicted molar refractivity (Wildman–Crippen MR) is 67.2 cm³/mol. The van der Waals surface area contributed by atoms with E-state index in [9.17, 15) is 0 Å². The third-order valence-electron chi connectivity index (χ3n) is 2.29. The van der Waals surface area contributed by atoms with E-state index in [-0.39, 0.29) is 0 Å². The van der Waals surface area contributed by atoms with Crippen LogP contribution in [0.1, 0.15) is 13.3 Å². The van der Waals surface area contributed by atoms with Crippen LogP contribution in [-0.2, 0) is 13.3 Å². The molecule has 0 radical (unpaired) electrons. The molecule has 1 unspecified atom stereocenters. The SMILES string of the molecule is CO[Si](CCCSC(C)CN)(OC)OC. The highest BCUT2D eigenvalue weighted by molar-refractivity contribution is 7.99. The molecule has 0 heterocycles. The Morgan fingerprint density at radius 3 is 2.13 bits per heavy atom. The molecule has 0 rings (SSSR count). The van der Waals surface area contributed by atoms with Crippen molar-refractivity contribution in [2.75, 3.05) is 33.6 Å². The fourth-order valence-corrected chi connectivity index (χ4v) is 4.03. The fourth-order valence-electron chi connectivity index (χ4n) is 1.20. The molecule has 0 aliphatic rings. The second-order valence-electron chi connectivity index (χ2n) is 3.32. The molecule has 0 amide bonds. The molecular weight excluding hydrogens is 230 g/mol. The van der Waals surface area contributed by atoms with Crippen LogP contribution < -0.4 is 5.73 Å². The standard InChI is InChI=1S/C9H23NO3SSi/c1-9(8-10)14-6-5-7-15(11-2,12-3)13-4/h9H,5-8,10H2,1-4H3. The smallest absolute Gasteiger partial charge is 0.377 e. The molecule has 0 bridgehead atoms. The molecule has 0 fully saturated rings. The summed E-state index contributed by atoms with van der Waals surface area (Å²) >= 11 is 1.88. The maximum absolute atomic E-state index is 5.53. The highest BCUT2D eigenvalue weighted by atomic mass is 32.2. The minimum atomic E-state index is -2.34. The predicted octanol–water partition coefficient (Wildman–Crippen LogP) is 1.33. The van der Waals surface area contributed by atoms with E-state index in [4.69, 9.17) is 19.0 Å². The Bertz CT molecular complexity index is 150. The van der Waals surface area contributed by atoms with Crippen molar-refractivity contribution in [3.05, 3.63) is 0 Å². The third-order valence-corrected chi connectivity index (χ3v) is 6.41. The van der Waals surface area contributed by atoms with Crippen LogP contribution in [-0.4, -0.2) is 47.7 Å². The molecule has 0 aliphatic carbocycles. The maximum Gasteiger partial charge on any atom is 0.500 e. The van der Waals surface area contributed by atoms with Gasteiger partial charge < -0.3 is 19.0 Å². The molecule has 6 heteroatoms. The van der Waals surface area contributed by atoms with Crippen molar-refractivity contribution in [1.29, 1.82) is 0 Å². The zero-order chi connectivity index (χ0) is 11.7. The van der Waals surface area contributed by atoms with E-state index in [1.165, 1.54) is 0 Å². The number of rotatable bonds is 9. The Kier molecular flexibility index (Phi) is 8.78. The average Bonchev–Trinajstić information content (AvgIpc) is 2.30. The number of hydrogen-bond acceptors (Lipinski definition) is 5. The van der Waals surface area contributed by atoms with E-state index in [1.807, 2.05) is 11.8 Å². The Balaban J connectivity index is 3.72. The first-order valence-corrected chi connectivity index (χ1v) is 8.09. The Morgan fingerprint density at radius 1 is 1.20 bits per heavy atom. The van der Waals surface area contributed by atoms with Crippen LogP contribution in [0.4, 0.5) is 0 Å². The van der Waals surface area contributed by atoms with E-state index in [1.54, 1.807) is 21.3 Å². The van der Waals surface area contributed by atoms with Crippen molar-refractivity contribution >= 4 is 20.6 Å². The first-order valence-electron chi connectivity index (χ1n) is 5.11. The summed E-state index contributed by atoms with van der Waals surface area (Å²) in [4.78, 5) is 0. The molecule has 0 spiro atoms. The van der Waals surface area contributed by atoms with Crippen molar-refractivity contribution < 1.29 is 13.3 Å². The molecule has 2 N–H and O–H groups in total. The van der Waals surface area contributed by atoms with Gasteiger partial charge in [-0.25, -0.2) is 0 Å². The fraction of sp³-hybridized carbons (Fsp3) is 1.00. The number of nitrogens with two attached hydrogens (primary N) is 1. The Labute approximate surface area is 98.2 Å².